The maximum absolute atomic E-state index is 12.6. The number of rotatable bonds is 4. The fourth-order valence-electron chi connectivity index (χ4n) is 3.71. The van der Waals surface area contributed by atoms with Crippen molar-refractivity contribution in [3.05, 3.63) is 0 Å². The molecule has 23 heavy (non-hydrogen) atoms. The number of morpholine rings is 1. The summed E-state index contributed by atoms with van der Waals surface area (Å²) in [5.74, 6) is 0.0396. The van der Waals surface area contributed by atoms with Crippen molar-refractivity contribution >= 4 is 11.8 Å². The first kappa shape index (κ1) is 16.7. The Balaban J connectivity index is 1.47. The van der Waals surface area contributed by atoms with Crippen LogP contribution in [0.4, 0.5) is 0 Å². The maximum atomic E-state index is 12.6. The number of hydrogen-bond donors (Lipinski definition) is 1. The average molecular weight is 324 g/mol. The molecular formula is C16H28N4O3. The van der Waals surface area contributed by atoms with Gasteiger partial charge in [-0.05, 0) is 12.8 Å². The van der Waals surface area contributed by atoms with E-state index in [4.69, 9.17) is 10.5 Å². The molecule has 7 heteroatoms. The Morgan fingerprint density at radius 2 is 1.96 bits per heavy atom. The van der Waals surface area contributed by atoms with Gasteiger partial charge in [0.1, 0.15) is 0 Å². The third kappa shape index (κ3) is 4.22. The highest BCUT2D eigenvalue weighted by Crippen LogP contribution is 2.22. The number of carbonyl (C=O) groups excluding carboxylic acids is 2. The van der Waals surface area contributed by atoms with Crippen LogP contribution >= 0.6 is 0 Å². The molecule has 2 atom stereocenters. The quantitative estimate of drug-likeness (QED) is 0.726. The van der Waals surface area contributed by atoms with E-state index in [1.165, 1.54) is 0 Å². The number of ether oxygens (including phenoxy) is 1. The summed E-state index contributed by atoms with van der Waals surface area (Å²) in [4.78, 5) is 30.8. The molecule has 0 spiro atoms. The van der Waals surface area contributed by atoms with Gasteiger partial charge in [0.15, 0.2) is 0 Å². The number of nitrogens with zero attached hydrogens (tertiary/aromatic N) is 3. The van der Waals surface area contributed by atoms with Crippen LogP contribution in [-0.2, 0) is 14.3 Å². The summed E-state index contributed by atoms with van der Waals surface area (Å²) in [5.41, 5.74) is 5.96. The monoisotopic (exact) mass is 324 g/mol. The summed E-state index contributed by atoms with van der Waals surface area (Å²) >= 11 is 0. The molecule has 0 radical (unpaired) electrons. The van der Waals surface area contributed by atoms with E-state index in [1.807, 2.05) is 9.80 Å². The fourth-order valence-corrected chi connectivity index (χ4v) is 3.71. The Labute approximate surface area is 137 Å². The summed E-state index contributed by atoms with van der Waals surface area (Å²) in [7, 11) is 0. The Morgan fingerprint density at radius 3 is 2.70 bits per heavy atom. The van der Waals surface area contributed by atoms with Gasteiger partial charge in [-0.25, -0.2) is 0 Å². The number of nitrogens with two attached hydrogens (primary N) is 1. The van der Waals surface area contributed by atoms with Crippen LogP contribution in [0.5, 0.6) is 0 Å². The van der Waals surface area contributed by atoms with Crippen LogP contribution in [0.15, 0.2) is 0 Å². The predicted molar refractivity (Wildman–Crippen MR) is 85.7 cm³/mol. The van der Waals surface area contributed by atoms with E-state index in [1.54, 1.807) is 0 Å². The van der Waals surface area contributed by atoms with Crippen LogP contribution in [0.3, 0.4) is 0 Å². The van der Waals surface area contributed by atoms with Gasteiger partial charge in [0.2, 0.25) is 11.8 Å². The van der Waals surface area contributed by atoms with E-state index >= 15 is 0 Å². The lowest BCUT2D eigenvalue weighted by atomic mass is 10.0. The summed E-state index contributed by atoms with van der Waals surface area (Å²) < 4.78 is 5.33. The molecule has 3 saturated heterocycles. The molecule has 0 saturated carbocycles. The van der Waals surface area contributed by atoms with E-state index in [0.29, 0.717) is 26.1 Å². The molecule has 3 aliphatic heterocycles. The molecule has 3 fully saturated rings. The zero-order valence-electron chi connectivity index (χ0n) is 13.8. The molecule has 3 heterocycles. The first-order valence-corrected chi connectivity index (χ1v) is 8.75. The second-order valence-corrected chi connectivity index (χ2v) is 6.88. The second kappa shape index (κ2) is 7.59. The van der Waals surface area contributed by atoms with E-state index in [9.17, 15) is 9.59 Å². The topological polar surface area (TPSA) is 79.1 Å². The Bertz CT molecular complexity index is 439. The molecular weight excluding hydrogens is 296 g/mol. The van der Waals surface area contributed by atoms with Crippen molar-refractivity contribution in [2.75, 3.05) is 59.0 Å². The summed E-state index contributed by atoms with van der Waals surface area (Å²) in [6, 6.07) is 0.0854. The summed E-state index contributed by atoms with van der Waals surface area (Å²) in [6.07, 6.45) is 2.31. The van der Waals surface area contributed by atoms with Crippen molar-refractivity contribution in [3.8, 4) is 0 Å². The number of likely N-dealkylation sites (tertiary alicyclic amines) is 2. The number of piperidine rings is 1. The Kier molecular flexibility index (Phi) is 5.50. The molecule has 3 aliphatic rings. The lowest BCUT2D eigenvalue weighted by Gasteiger charge is -2.32. The molecule has 0 aromatic carbocycles. The third-order valence-electron chi connectivity index (χ3n) is 5.12. The first-order valence-electron chi connectivity index (χ1n) is 8.75. The van der Waals surface area contributed by atoms with Crippen molar-refractivity contribution in [1.29, 1.82) is 0 Å². The Morgan fingerprint density at radius 1 is 1.17 bits per heavy atom. The lowest BCUT2D eigenvalue weighted by Crippen LogP contribution is -2.48. The normalized spacial score (nSPS) is 30.0. The van der Waals surface area contributed by atoms with Gasteiger partial charge in [0, 0.05) is 58.3 Å². The number of amides is 2. The summed E-state index contributed by atoms with van der Waals surface area (Å²) in [6.45, 7) is 6.95. The average Bonchev–Trinajstić information content (AvgIpc) is 2.94. The van der Waals surface area contributed by atoms with Gasteiger partial charge in [0.25, 0.3) is 0 Å². The van der Waals surface area contributed by atoms with Crippen LogP contribution in [0.1, 0.15) is 19.3 Å². The van der Waals surface area contributed by atoms with E-state index in [0.717, 1.165) is 52.2 Å². The van der Waals surface area contributed by atoms with Crippen LogP contribution < -0.4 is 5.73 Å². The lowest BCUT2D eigenvalue weighted by molar-refractivity contribution is -0.137. The molecule has 0 aromatic rings. The minimum absolute atomic E-state index is 0.0854. The molecule has 2 unspecified atom stereocenters. The van der Waals surface area contributed by atoms with E-state index in [2.05, 4.69) is 4.90 Å². The van der Waals surface area contributed by atoms with Crippen LogP contribution in [0.2, 0.25) is 0 Å². The first-order chi connectivity index (χ1) is 11.1. The molecule has 0 aromatic heterocycles. The summed E-state index contributed by atoms with van der Waals surface area (Å²) in [5, 5.41) is 0. The molecule has 0 aliphatic carbocycles. The minimum Gasteiger partial charge on any atom is -0.379 e. The SMILES string of the molecule is NC1CCCN(C(=O)C2CC(=O)N(CCN3CCOCC3)C2)C1. The van der Waals surface area contributed by atoms with E-state index in [-0.39, 0.29) is 23.8 Å². The van der Waals surface area contributed by atoms with Gasteiger partial charge >= 0.3 is 0 Å². The minimum atomic E-state index is -0.183. The molecule has 2 amide bonds. The third-order valence-corrected chi connectivity index (χ3v) is 5.12. The molecule has 2 N–H and O–H groups in total. The van der Waals surface area contributed by atoms with Crippen molar-refractivity contribution in [1.82, 2.24) is 14.7 Å². The van der Waals surface area contributed by atoms with Gasteiger partial charge < -0.3 is 20.3 Å². The zero-order valence-corrected chi connectivity index (χ0v) is 13.8. The zero-order chi connectivity index (χ0) is 16.2. The number of hydrogen-bond acceptors (Lipinski definition) is 5. The molecule has 130 valence electrons. The van der Waals surface area contributed by atoms with Gasteiger partial charge in [0.05, 0.1) is 19.1 Å². The van der Waals surface area contributed by atoms with Crippen LogP contribution in [0.25, 0.3) is 0 Å². The van der Waals surface area contributed by atoms with Crippen molar-refractivity contribution < 1.29 is 14.3 Å². The van der Waals surface area contributed by atoms with Crippen molar-refractivity contribution in [2.45, 2.75) is 25.3 Å². The highest BCUT2D eigenvalue weighted by atomic mass is 16.5. The van der Waals surface area contributed by atoms with E-state index < -0.39 is 0 Å². The standard InChI is InChI=1S/C16H28N4O3/c17-14-2-1-3-20(12-14)16(22)13-10-15(21)19(11-13)5-4-18-6-8-23-9-7-18/h13-14H,1-12,17H2. The fraction of sp³-hybridized carbons (Fsp3) is 0.875. The molecule has 0 bridgehead atoms. The van der Waals surface area contributed by atoms with Gasteiger partial charge in [-0.2, -0.15) is 0 Å². The predicted octanol–water partition coefficient (Wildman–Crippen LogP) is -0.883. The molecule has 7 nitrogen and oxygen atoms in total. The second-order valence-electron chi connectivity index (χ2n) is 6.88. The maximum Gasteiger partial charge on any atom is 0.228 e. The highest BCUT2D eigenvalue weighted by molar-refractivity contribution is 5.89. The van der Waals surface area contributed by atoms with Crippen LogP contribution in [-0.4, -0.2) is 91.6 Å². The smallest absolute Gasteiger partial charge is 0.228 e. The van der Waals surface area contributed by atoms with Gasteiger partial charge in [-0.3, -0.25) is 14.5 Å². The largest absolute Gasteiger partial charge is 0.379 e. The van der Waals surface area contributed by atoms with Crippen LogP contribution in [0, 0.1) is 5.92 Å². The van der Waals surface area contributed by atoms with Crippen molar-refractivity contribution in [3.63, 3.8) is 0 Å². The van der Waals surface area contributed by atoms with Gasteiger partial charge in [-0.1, -0.05) is 0 Å². The molecule has 3 rings (SSSR count). The Hall–Kier alpha value is -1.18. The van der Waals surface area contributed by atoms with Crippen molar-refractivity contribution in [2.24, 2.45) is 11.7 Å². The van der Waals surface area contributed by atoms with Gasteiger partial charge in [-0.15, -0.1) is 0 Å². The number of carbonyl (C=O) groups is 2. The highest BCUT2D eigenvalue weighted by Gasteiger charge is 2.37.